The molecular weight excluding hydrogens is 364 g/mol. The molecule has 0 saturated heterocycles. The maximum atomic E-state index is 13.3. The molecule has 0 fully saturated rings. The van der Waals surface area contributed by atoms with Gasteiger partial charge in [-0.05, 0) is 23.8 Å². The quantitative estimate of drug-likeness (QED) is 0.716. The van der Waals surface area contributed by atoms with E-state index in [1.807, 2.05) is 24.3 Å². The molecule has 0 aliphatic heterocycles. The zero-order valence-corrected chi connectivity index (χ0v) is 13.4. The first-order valence-electron chi connectivity index (χ1n) is 6.03. The molecule has 0 saturated carbocycles. The lowest BCUT2D eigenvalue weighted by Gasteiger charge is -2.19. The molecule has 0 unspecified atom stereocenters. The van der Waals surface area contributed by atoms with Crippen molar-refractivity contribution < 1.29 is 13.6 Å². The summed E-state index contributed by atoms with van der Waals surface area (Å²) in [6.07, 6.45) is 0. The lowest BCUT2D eigenvalue weighted by atomic mass is 10.1. The van der Waals surface area contributed by atoms with Crippen molar-refractivity contribution >= 4 is 33.4 Å². The summed E-state index contributed by atoms with van der Waals surface area (Å²) in [5.41, 5.74) is 0.831. The van der Waals surface area contributed by atoms with Crippen molar-refractivity contribution in [2.24, 2.45) is 0 Å². The molecule has 0 spiro atoms. The molecule has 0 heterocycles. The van der Waals surface area contributed by atoms with E-state index in [1.165, 1.54) is 4.90 Å². The van der Waals surface area contributed by atoms with Gasteiger partial charge in [-0.2, -0.15) is 0 Å². The Bertz CT molecular complexity index is 693. The van der Waals surface area contributed by atoms with Crippen LogP contribution in [0.2, 0.25) is 5.02 Å². The van der Waals surface area contributed by atoms with Crippen LogP contribution in [0.15, 0.2) is 40.9 Å². The van der Waals surface area contributed by atoms with Crippen LogP contribution in [0.5, 0.6) is 0 Å². The van der Waals surface area contributed by atoms with Gasteiger partial charge in [0.05, 0.1) is 10.6 Å². The van der Waals surface area contributed by atoms with Crippen LogP contribution < -0.4 is 0 Å². The Hall–Kier alpha value is -1.46. The molecule has 2 aromatic rings. The maximum Gasteiger partial charge on any atom is 0.255 e. The van der Waals surface area contributed by atoms with Crippen LogP contribution in [0.1, 0.15) is 15.9 Å². The van der Waals surface area contributed by atoms with Gasteiger partial charge in [0.1, 0.15) is 0 Å². The maximum absolute atomic E-state index is 13.3. The van der Waals surface area contributed by atoms with Gasteiger partial charge in [-0.25, -0.2) is 8.78 Å². The van der Waals surface area contributed by atoms with Crippen molar-refractivity contribution in [3.8, 4) is 0 Å². The Labute approximate surface area is 134 Å². The van der Waals surface area contributed by atoms with Crippen LogP contribution in [-0.2, 0) is 6.54 Å². The van der Waals surface area contributed by atoms with Crippen molar-refractivity contribution in [2.75, 3.05) is 7.05 Å². The van der Waals surface area contributed by atoms with Crippen LogP contribution in [0.25, 0.3) is 0 Å². The van der Waals surface area contributed by atoms with Crippen LogP contribution in [-0.4, -0.2) is 17.9 Å². The molecule has 2 nitrogen and oxygen atoms in total. The lowest BCUT2D eigenvalue weighted by molar-refractivity contribution is 0.0784. The average molecular weight is 375 g/mol. The van der Waals surface area contributed by atoms with Gasteiger partial charge in [0.15, 0.2) is 11.6 Å². The number of carbonyl (C=O) groups excluding carboxylic acids is 1. The number of benzene rings is 2. The third kappa shape index (κ3) is 3.60. The van der Waals surface area contributed by atoms with Crippen molar-refractivity contribution in [1.29, 1.82) is 0 Å². The zero-order chi connectivity index (χ0) is 15.6. The van der Waals surface area contributed by atoms with Gasteiger partial charge in [0.25, 0.3) is 5.91 Å². The normalized spacial score (nSPS) is 10.5. The fourth-order valence-corrected chi connectivity index (χ4v) is 2.49. The molecule has 0 aliphatic carbocycles. The predicted molar refractivity (Wildman–Crippen MR) is 81.3 cm³/mol. The summed E-state index contributed by atoms with van der Waals surface area (Å²) < 4.78 is 27.2. The third-order valence-corrected chi connectivity index (χ3v) is 4.04. The first kappa shape index (κ1) is 15.9. The minimum atomic E-state index is -1.10. The fraction of sp³-hybridized carbons (Fsp3) is 0.133. The van der Waals surface area contributed by atoms with Gasteiger partial charge in [0.2, 0.25) is 0 Å². The molecule has 0 atom stereocenters. The van der Waals surface area contributed by atoms with Gasteiger partial charge in [-0.15, -0.1) is 0 Å². The molecule has 0 radical (unpaired) electrons. The summed E-state index contributed by atoms with van der Waals surface area (Å²) in [6, 6.07) is 9.05. The molecule has 6 heteroatoms. The Balaban J connectivity index is 2.24. The van der Waals surface area contributed by atoms with E-state index < -0.39 is 17.5 Å². The minimum Gasteiger partial charge on any atom is -0.337 e. The van der Waals surface area contributed by atoms with E-state index in [-0.39, 0.29) is 10.6 Å². The van der Waals surface area contributed by atoms with Crippen molar-refractivity contribution in [1.82, 2.24) is 4.90 Å². The number of hydrogen-bond donors (Lipinski definition) is 0. The first-order chi connectivity index (χ1) is 9.90. The van der Waals surface area contributed by atoms with Gasteiger partial charge >= 0.3 is 0 Å². The number of rotatable bonds is 3. The van der Waals surface area contributed by atoms with E-state index in [4.69, 9.17) is 11.6 Å². The first-order valence-corrected chi connectivity index (χ1v) is 7.20. The van der Waals surface area contributed by atoms with Gasteiger partial charge < -0.3 is 4.90 Å². The van der Waals surface area contributed by atoms with E-state index in [2.05, 4.69) is 15.9 Å². The van der Waals surface area contributed by atoms with Crippen molar-refractivity contribution in [3.63, 3.8) is 0 Å². The Kier molecular flexibility index (Phi) is 4.96. The van der Waals surface area contributed by atoms with Crippen LogP contribution in [0, 0.1) is 11.6 Å². The summed E-state index contributed by atoms with van der Waals surface area (Å²) in [5.74, 6) is -2.66. The van der Waals surface area contributed by atoms with Gasteiger partial charge in [-0.3, -0.25) is 4.79 Å². The van der Waals surface area contributed by atoms with E-state index in [9.17, 15) is 13.6 Å². The molecule has 2 aromatic carbocycles. The van der Waals surface area contributed by atoms with Crippen LogP contribution in [0.4, 0.5) is 8.78 Å². The lowest BCUT2D eigenvalue weighted by Crippen LogP contribution is -2.26. The minimum absolute atomic E-state index is 0.0647. The van der Waals surface area contributed by atoms with E-state index in [0.29, 0.717) is 6.54 Å². The highest BCUT2D eigenvalue weighted by Crippen LogP contribution is 2.23. The Morgan fingerprint density at radius 3 is 2.52 bits per heavy atom. The summed E-state index contributed by atoms with van der Waals surface area (Å²) in [7, 11) is 1.57. The monoisotopic (exact) mass is 373 g/mol. The van der Waals surface area contributed by atoms with Crippen molar-refractivity contribution in [2.45, 2.75) is 6.54 Å². The molecule has 21 heavy (non-hydrogen) atoms. The van der Waals surface area contributed by atoms with E-state index in [0.717, 1.165) is 22.2 Å². The molecule has 2 rings (SSSR count). The second kappa shape index (κ2) is 6.54. The zero-order valence-electron chi connectivity index (χ0n) is 11.0. The second-order valence-electron chi connectivity index (χ2n) is 4.50. The van der Waals surface area contributed by atoms with E-state index >= 15 is 0 Å². The topological polar surface area (TPSA) is 20.3 Å². The molecule has 1 amide bonds. The second-order valence-corrected chi connectivity index (χ2v) is 5.76. The number of amides is 1. The SMILES string of the molecule is CN(Cc1ccccc1Br)C(=O)c1cc(F)c(F)cc1Cl. The molecule has 0 aliphatic rings. The molecule has 110 valence electrons. The number of carbonyl (C=O) groups is 1. The summed E-state index contributed by atoms with van der Waals surface area (Å²) in [6.45, 7) is 0.315. The average Bonchev–Trinajstić information content (AvgIpc) is 2.44. The third-order valence-electron chi connectivity index (χ3n) is 2.95. The summed E-state index contributed by atoms with van der Waals surface area (Å²) in [4.78, 5) is 13.7. The molecule has 0 aromatic heterocycles. The van der Waals surface area contributed by atoms with Crippen LogP contribution in [0.3, 0.4) is 0 Å². The highest BCUT2D eigenvalue weighted by atomic mass is 79.9. The largest absolute Gasteiger partial charge is 0.337 e. The molecule has 0 bridgehead atoms. The Morgan fingerprint density at radius 1 is 1.24 bits per heavy atom. The highest BCUT2D eigenvalue weighted by Gasteiger charge is 2.19. The summed E-state index contributed by atoms with van der Waals surface area (Å²) >= 11 is 9.20. The van der Waals surface area contributed by atoms with Gasteiger partial charge in [0, 0.05) is 18.1 Å². The molecular formula is C15H11BrClF2NO. The highest BCUT2D eigenvalue weighted by molar-refractivity contribution is 9.10. The Morgan fingerprint density at radius 2 is 1.86 bits per heavy atom. The standard InChI is InChI=1S/C15H11BrClF2NO/c1-20(8-9-4-2-3-5-11(9)16)15(21)10-6-13(18)14(19)7-12(10)17/h2-7H,8H2,1H3. The number of hydrogen-bond acceptors (Lipinski definition) is 1. The smallest absolute Gasteiger partial charge is 0.255 e. The molecule has 0 N–H and O–H groups in total. The summed E-state index contributed by atoms with van der Waals surface area (Å²) in [5, 5.41) is -0.113. The predicted octanol–water partition coefficient (Wildman–Crippen LogP) is 4.65. The van der Waals surface area contributed by atoms with Crippen LogP contribution >= 0.6 is 27.5 Å². The van der Waals surface area contributed by atoms with Gasteiger partial charge in [-0.1, -0.05) is 45.7 Å². The number of nitrogens with zero attached hydrogens (tertiary/aromatic N) is 1. The van der Waals surface area contributed by atoms with E-state index in [1.54, 1.807) is 7.05 Å². The fourth-order valence-electron chi connectivity index (χ4n) is 1.85. The number of halogens is 4. The van der Waals surface area contributed by atoms with Crippen molar-refractivity contribution in [3.05, 3.63) is 68.7 Å².